The number of ether oxygens (including phenoxy) is 2. The molecule has 2 N–H and O–H groups in total. The second kappa shape index (κ2) is 14.9. The molecule has 4 amide bonds. The fourth-order valence-corrected chi connectivity index (χ4v) is 5.22. The Bertz CT molecular complexity index is 1640. The van der Waals surface area contributed by atoms with Gasteiger partial charge in [-0.2, -0.15) is 0 Å². The van der Waals surface area contributed by atoms with E-state index in [0.717, 1.165) is 10.6 Å². The number of nitro groups is 1. The number of benzene rings is 3. The molecule has 0 atom stereocenters. The van der Waals surface area contributed by atoms with Crippen LogP contribution in [0.15, 0.2) is 71.6 Å². The van der Waals surface area contributed by atoms with Crippen molar-refractivity contribution in [1.82, 2.24) is 4.90 Å². The minimum atomic E-state index is -0.642. The van der Waals surface area contributed by atoms with E-state index in [1.165, 1.54) is 37.5 Å². The van der Waals surface area contributed by atoms with Gasteiger partial charge in [0.1, 0.15) is 18.0 Å². The summed E-state index contributed by atoms with van der Waals surface area (Å²) in [5, 5.41) is 15.7. The summed E-state index contributed by atoms with van der Waals surface area (Å²) in [5.74, 6) is -0.862. The molecule has 4 rings (SSSR count). The molecule has 0 bridgehead atoms. The number of non-ortho nitro benzene ring substituents is 1. The number of nitro benzene ring substituents is 1. The van der Waals surface area contributed by atoms with Crippen LogP contribution >= 0.6 is 11.8 Å². The summed E-state index contributed by atoms with van der Waals surface area (Å²) in [7, 11) is 1.52. The van der Waals surface area contributed by atoms with Crippen LogP contribution in [-0.2, 0) is 14.4 Å². The van der Waals surface area contributed by atoms with Gasteiger partial charge in [-0.15, -0.1) is 0 Å². The molecule has 3 aromatic rings. The summed E-state index contributed by atoms with van der Waals surface area (Å²) in [6.07, 6.45) is 1.48. The zero-order chi connectivity index (χ0) is 32.5. The van der Waals surface area contributed by atoms with Crippen LogP contribution in [0.4, 0.5) is 27.5 Å². The molecule has 1 aliphatic rings. The van der Waals surface area contributed by atoms with Gasteiger partial charge in [0.05, 0.1) is 16.9 Å². The first kappa shape index (κ1) is 32.5. The molecule has 0 spiro atoms. The molecule has 14 heteroatoms. The molecule has 0 aliphatic carbocycles. The quantitative estimate of drug-likeness (QED) is 0.146. The lowest BCUT2D eigenvalue weighted by atomic mass is 10.1. The number of amides is 4. The predicted molar refractivity (Wildman–Crippen MR) is 172 cm³/mol. The highest BCUT2D eigenvalue weighted by molar-refractivity contribution is 8.18. The minimum absolute atomic E-state index is 0.0822. The molecule has 1 aliphatic heterocycles. The Kier molecular flexibility index (Phi) is 10.8. The summed E-state index contributed by atoms with van der Waals surface area (Å²) in [5.41, 5.74) is 1.79. The fourth-order valence-electron chi connectivity index (χ4n) is 4.39. The third kappa shape index (κ3) is 8.38. The molecule has 1 fully saturated rings. The lowest BCUT2D eigenvalue weighted by Crippen LogP contribution is -2.36. The molecule has 3 aromatic carbocycles. The van der Waals surface area contributed by atoms with Crippen LogP contribution in [0.1, 0.15) is 19.4 Å². The summed E-state index contributed by atoms with van der Waals surface area (Å²) in [6.45, 7) is 4.49. The third-order valence-electron chi connectivity index (χ3n) is 6.66. The largest absolute Gasteiger partial charge is 0.497 e. The number of carbonyl (C=O) groups excluding carboxylic acids is 4. The maximum absolute atomic E-state index is 13.2. The molecular formula is C31H31N5O8S. The zero-order valence-corrected chi connectivity index (χ0v) is 25.6. The Balaban J connectivity index is 1.50. The summed E-state index contributed by atoms with van der Waals surface area (Å²) in [4.78, 5) is 64.7. The van der Waals surface area contributed by atoms with Crippen molar-refractivity contribution in [3.8, 4) is 11.5 Å². The Hall–Kier alpha value is -5.37. The van der Waals surface area contributed by atoms with Gasteiger partial charge in [0.2, 0.25) is 5.91 Å². The third-order valence-corrected chi connectivity index (χ3v) is 7.57. The lowest BCUT2D eigenvalue weighted by Gasteiger charge is -2.22. The normalized spacial score (nSPS) is 13.5. The van der Waals surface area contributed by atoms with Gasteiger partial charge < -0.3 is 25.0 Å². The van der Waals surface area contributed by atoms with Crippen LogP contribution in [0.25, 0.3) is 6.08 Å². The average molecular weight is 634 g/mol. The number of hydrogen-bond acceptors (Lipinski definition) is 10. The molecule has 0 aromatic heterocycles. The van der Waals surface area contributed by atoms with Gasteiger partial charge in [-0.1, -0.05) is 6.07 Å². The highest BCUT2D eigenvalue weighted by Gasteiger charge is 2.36. The van der Waals surface area contributed by atoms with Gasteiger partial charge in [-0.05, 0) is 74.1 Å². The second-order valence-corrected chi connectivity index (χ2v) is 10.6. The monoisotopic (exact) mass is 633 g/mol. The standard InChI is InChI=1S/C31H31N5O8S/c1-4-34(5-2)23-12-9-20(26(17-23)44-19-29(38)33-22-7-6-8-24(16-22)36(41)42)15-27-30(39)35(31(40)45-27)18-28(37)32-21-10-13-25(43-3)14-11-21/h6-17H,4-5,18-19H2,1-3H3,(H,32,37)(H,33,38)/b27-15+. The number of nitrogens with one attached hydrogen (secondary N) is 2. The van der Waals surface area contributed by atoms with Crippen LogP contribution in [0.3, 0.4) is 0 Å². The predicted octanol–water partition coefficient (Wildman–Crippen LogP) is 5.14. The van der Waals surface area contributed by atoms with Gasteiger partial charge in [0.25, 0.3) is 22.7 Å². The van der Waals surface area contributed by atoms with Crippen molar-refractivity contribution in [3.63, 3.8) is 0 Å². The molecule has 13 nitrogen and oxygen atoms in total. The number of methoxy groups -OCH3 is 1. The Morgan fingerprint density at radius 1 is 0.978 bits per heavy atom. The average Bonchev–Trinajstić information content (AvgIpc) is 3.29. The molecule has 234 valence electrons. The summed E-state index contributed by atoms with van der Waals surface area (Å²) >= 11 is 0.690. The molecule has 0 radical (unpaired) electrons. The Morgan fingerprint density at radius 3 is 2.36 bits per heavy atom. The number of imide groups is 1. The highest BCUT2D eigenvalue weighted by atomic mass is 32.2. The second-order valence-electron chi connectivity index (χ2n) is 9.58. The maximum Gasteiger partial charge on any atom is 0.294 e. The van der Waals surface area contributed by atoms with E-state index in [-0.39, 0.29) is 22.0 Å². The van der Waals surface area contributed by atoms with Crippen molar-refractivity contribution >= 4 is 63.5 Å². The van der Waals surface area contributed by atoms with Gasteiger partial charge in [-0.25, -0.2) is 0 Å². The summed E-state index contributed by atoms with van der Waals surface area (Å²) < 4.78 is 11.0. The molecule has 1 heterocycles. The minimum Gasteiger partial charge on any atom is -0.497 e. The first-order valence-corrected chi connectivity index (χ1v) is 14.7. The number of hydrogen-bond donors (Lipinski definition) is 2. The molecule has 1 saturated heterocycles. The number of thioether (sulfide) groups is 1. The van der Waals surface area contributed by atoms with Gasteiger partial charge in [-0.3, -0.25) is 34.2 Å². The van der Waals surface area contributed by atoms with E-state index in [4.69, 9.17) is 9.47 Å². The van der Waals surface area contributed by atoms with Gasteiger partial charge >= 0.3 is 0 Å². The number of carbonyl (C=O) groups is 4. The number of rotatable bonds is 13. The first-order valence-electron chi connectivity index (χ1n) is 13.9. The van der Waals surface area contributed by atoms with E-state index in [1.807, 2.05) is 19.9 Å². The first-order chi connectivity index (χ1) is 21.6. The van der Waals surface area contributed by atoms with E-state index in [2.05, 4.69) is 15.5 Å². The lowest BCUT2D eigenvalue weighted by molar-refractivity contribution is -0.384. The van der Waals surface area contributed by atoms with E-state index in [1.54, 1.807) is 36.4 Å². The van der Waals surface area contributed by atoms with Crippen molar-refractivity contribution in [2.45, 2.75) is 13.8 Å². The zero-order valence-electron chi connectivity index (χ0n) is 24.8. The van der Waals surface area contributed by atoms with Gasteiger partial charge in [0, 0.05) is 53.9 Å². The van der Waals surface area contributed by atoms with E-state index >= 15 is 0 Å². The van der Waals surface area contributed by atoms with Crippen LogP contribution in [0.2, 0.25) is 0 Å². The molecular weight excluding hydrogens is 602 g/mol. The molecule has 45 heavy (non-hydrogen) atoms. The highest BCUT2D eigenvalue weighted by Crippen LogP contribution is 2.35. The number of anilines is 3. The Labute approximate surface area is 263 Å². The van der Waals surface area contributed by atoms with Gasteiger partial charge in [0.15, 0.2) is 6.61 Å². The maximum atomic E-state index is 13.2. The van der Waals surface area contributed by atoms with Crippen molar-refractivity contribution in [3.05, 3.63) is 87.3 Å². The SMILES string of the molecule is CCN(CC)c1ccc(/C=C2/SC(=O)N(CC(=O)Nc3ccc(OC)cc3)C2=O)c(OCC(=O)Nc2cccc([N+](=O)[O-])c2)c1. The Morgan fingerprint density at radius 2 is 1.69 bits per heavy atom. The van der Waals surface area contributed by atoms with Crippen molar-refractivity contribution in [1.29, 1.82) is 0 Å². The number of nitrogens with zero attached hydrogens (tertiary/aromatic N) is 3. The summed E-state index contributed by atoms with van der Waals surface area (Å²) in [6, 6.07) is 17.4. The van der Waals surface area contributed by atoms with E-state index < -0.39 is 41.0 Å². The fraction of sp³-hybridized carbons (Fsp3) is 0.226. The van der Waals surface area contributed by atoms with E-state index in [9.17, 15) is 29.3 Å². The van der Waals surface area contributed by atoms with Crippen LogP contribution in [0, 0.1) is 10.1 Å². The van der Waals surface area contributed by atoms with Crippen LogP contribution in [-0.4, -0.2) is 66.1 Å². The van der Waals surface area contributed by atoms with E-state index in [0.29, 0.717) is 41.9 Å². The smallest absolute Gasteiger partial charge is 0.294 e. The van der Waals surface area contributed by atoms with Crippen molar-refractivity contribution in [2.24, 2.45) is 0 Å². The van der Waals surface area contributed by atoms with Crippen LogP contribution in [0.5, 0.6) is 11.5 Å². The molecule has 0 unspecified atom stereocenters. The van der Waals surface area contributed by atoms with Crippen molar-refractivity contribution in [2.75, 3.05) is 48.9 Å². The topological polar surface area (TPSA) is 160 Å². The molecule has 0 saturated carbocycles. The van der Waals surface area contributed by atoms with Crippen LogP contribution < -0.4 is 25.0 Å². The van der Waals surface area contributed by atoms with Crippen molar-refractivity contribution < 1.29 is 33.6 Å².